The first-order chi connectivity index (χ1) is 12.5. The molecule has 1 N–H and O–H groups in total. The van der Waals surface area contributed by atoms with E-state index in [4.69, 9.17) is 4.74 Å². The number of carbonyl (C=O) groups is 3. The zero-order chi connectivity index (χ0) is 18.7. The Hall–Kier alpha value is -2.94. The molecule has 0 saturated heterocycles. The predicted molar refractivity (Wildman–Crippen MR) is 96.3 cm³/mol. The summed E-state index contributed by atoms with van der Waals surface area (Å²) >= 11 is 1.07. The molecule has 0 fully saturated rings. The number of nitrogens with zero attached hydrogens (tertiary/aromatic N) is 2. The maximum atomic E-state index is 12.4. The van der Waals surface area contributed by atoms with Crippen LogP contribution in [0, 0.1) is 6.92 Å². The zero-order valence-corrected chi connectivity index (χ0v) is 14.9. The van der Waals surface area contributed by atoms with Gasteiger partial charge in [0, 0.05) is 17.6 Å². The van der Waals surface area contributed by atoms with E-state index in [1.165, 1.54) is 9.47 Å². The summed E-state index contributed by atoms with van der Waals surface area (Å²) in [7, 11) is 0. The molecule has 1 aromatic heterocycles. The summed E-state index contributed by atoms with van der Waals surface area (Å²) in [5.41, 5.74) is 1.88. The fourth-order valence-corrected chi connectivity index (χ4v) is 3.39. The van der Waals surface area contributed by atoms with Crippen LogP contribution < -0.4 is 15.1 Å². The summed E-state index contributed by atoms with van der Waals surface area (Å²) in [5.74, 6) is -1.37. The number of aromatic nitrogens is 1. The fourth-order valence-electron chi connectivity index (χ4n) is 2.63. The number of anilines is 2. The number of carbonyl (C=O) groups excluding carboxylic acids is 3. The lowest BCUT2D eigenvalue weighted by molar-refractivity contribution is -0.148. The maximum absolute atomic E-state index is 12.4. The standard InChI is InChI=1S/C17H17N3O5S/c1-11-10-26-17(24)19(11)7-6-16(23)25-9-15(22)20-8-14(21)18-12-4-2-3-5-13(12)20/h2-5,10H,6-9H2,1H3,(H,18,21). The van der Waals surface area contributed by atoms with Gasteiger partial charge < -0.3 is 14.6 Å². The highest BCUT2D eigenvalue weighted by atomic mass is 32.1. The number of fused-ring (bicyclic) bond motifs is 1. The first-order valence-electron chi connectivity index (χ1n) is 7.95. The Morgan fingerprint density at radius 1 is 1.27 bits per heavy atom. The molecule has 0 aliphatic carbocycles. The molecule has 26 heavy (non-hydrogen) atoms. The van der Waals surface area contributed by atoms with Gasteiger partial charge in [0.05, 0.1) is 17.8 Å². The molecule has 1 aromatic carbocycles. The molecule has 1 aliphatic heterocycles. The van der Waals surface area contributed by atoms with Crippen molar-refractivity contribution in [2.75, 3.05) is 23.4 Å². The van der Waals surface area contributed by atoms with Gasteiger partial charge in [0.1, 0.15) is 6.54 Å². The van der Waals surface area contributed by atoms with E-state index in [-0.39, 0.29) is 30.3 Å². The van der Waals surface area contributed by atoms with Gasteiger partial charge in [0.15, 0.2) is 6.61 Å². The van der Waals surface area contributed by atoms with Gasteiger partial charge in [-0.15, -0.1) is 0 Å². The summed E-state index contributed by atoms with van der Waals surface area (Å²) in [4.78, 5) is 48.7. The van der Waals surface area contributed by atoms with Crippen molar-refractivity contribution in [3.05, 3.63) is 45.0 Å². The third-order valence-corrected chi connectivity index (χ3v) is 4.83. The van der Waals surface area contributed by atoms with E-state index in [9.17, 15) is 19.2 Å². The van der Waals surface area contributed by atoms with Crippen LogP contribution in [0.25, 0.3) is 0 Å². The predicted octanol–water partition coefficient (Wildman–Crippen LogP) is 1.14. The maximum Gasteiger partial charge on any atom is 0.308 e. The second kappa shape index (κ2) is 7.52. The molecule has 2 amide bonds. The van der Waals surface area contributed by atoms with Crippen molar-refractivity contribution in [2.45, 2.75) is 19.9 Å². The van der Waals surface area contributed by atoms with Crippen LogP contribution in [0.2, 0.25) is 0 Å². The Balaban J connectivity index is 1.56. The van der Waals surface area contributed by atoms with Gasteiger partial charge in [-0.2, -0.15) is 0 Å². The van der Waals surface area contributed by atoms with Crippen LogP contribution in [-0.2, 0) is 25.7 Å². The molecule has 0 bridgehead atoms. The number of thiazole rings is 1. The van der Waals surface area contributed by atoms with Crippen molar-refractivity contribution in [1.29, 1.82) is 0 Å². The van der Waals surface area contributed by atoms with Gasteiger partial charge in [0.25, 0.3) is 5.91 Å². The van der Waals surface area contributed by atoms with Gasteiger partial charge in [0.2, 0.25) is 5.91 Å². The Morgan fingerprint density at radius 2 is 2.04 bits per heavy atom. The summed E-state index contributed by atoms with van der Waals surface area (Å²) < 4.78 is 6.50. The van der Waals surface area contributed by atoms with Crippen LogP contribution in [-0.4, -0.2) is 35.5 Å². The zero-order valence-electron chi connectivity index (χ0n) is 14.1. The Kier molecular flexibility index (Phi) is 5.17. The molecular formula is C17H17N3O5S. The number of amides is 2. The topological polar surface area (TPSA) is 97.7 Å². The van der Waals surface area contributed by atoms with Gasteiger partial charge in [-0.05, 0) is 19.1 Å². The number of ether oxygens (including phenoxy) is 1. The van der Waals surface area contributed by atoms with E-state index >= 15 is 0 Å². The van der Waals surface area contributed by atoms with Crippen molar-refractivity contribution in [3.63, 3.8) is 0 Å². The van der Waals surface area contributed by atoms with Gasteiger partial charge in [-0.3, -0.25) is 24.1 Å². The highest BCUT2D eigenvalue weighted by molar-refractivity contribution is 7.07. The molecule has 8 nitrogen and oxygen atoms in total. The normalized spacial score (nSPS) is 13.1. The second-order valence-electron chi connectivity index (χ2n) is 5.75. The van der Waals surface area contributed by atoms with Gasteiger partial charge in [-0.1, -0.05) is 23.5 Å². The molecule has 136 valence electrons. The average molecular weight is 375 g/mol. The van der Waals surface area contributed by atoms with Crippen LogP contribution >= 0.6 is 11.3 Å². The fraction of sp³-hybridized carbons (Fsp3) is 0.294. The van der Waals surface area contributed by atoms with Gasteiger partial charge in [-0.25, -0.2) is 0 Å². The Labute approximate surface area is 153 Å². The minimum absolute atomic E-state index is 0.0121. The summed E-state index contributed by atoms with van der Waals surface area (Å²) in [6.07, 6.45) is -0.0121. The average Bonchev–Trinajstić information content (AvgIpc) is 2.95. The van der Waals surface area contributed by atoms with E-state index in [0.717, 1.165) is 17.0 Å². The number of hydrogen-bond donors (Lipinski definition) is 1. The van der Waals surface area contributed by atoms with E-state index in [2.05, 4.69) is 5.32 Å². The largest absolute Gasteiger partial charge is 0.455 e. The molecule has 1 aliphatic rings. The molecule has 9 heteroatoms. The molecule has 0 unspecified atom stereocenters. The highest BCUT2D eigenvalue weighted by Crippen LogP contribution is 2.28. The summed E-state index contributed by atoms with van der Waals surface area (Å²) in [6, 6.07) is 6.91. The smallest absolute Gasteiger partial charge is 0.308 e. The minimum Gasteiger partial charge on any atom is -0.455 e. The van der Waals surface area contributed by atoms with E-state index in [0.29, 0.717) is 11.4 Å². The van der Waals surface area contributed by atoms with Crippen LogP contribution in [0.5, 0.6) is 0 Å². The van der Waals surface area contributed by atoms with E-state index in [1.807, 2.05) is 0 Å². The van der Waals surface area contributed by atoms with Crippen molar-refractivity contribution in [2.24, 2.45) is 0 Å². The molecule has 0 saturated carbocycles. The molecule has 0 atom stereocenters. The molecular weight excluding hydrogens is 358 g/mol. The lowest BCUT2D eigenvalue weighted by atomic mass is 10.2. The third-order valence-electron chi connectivity index (χ3n) is 3.94. The first-order valence-corrected chi connectivity index (χ1v) is 8.83. The molecule has 3 rings (SSSR count). The lowest BCUT2D eigenvalue weighted by Crippen LogP contribution is -2.44. The highest BCUT2D eigenvalue weighted by Gasteiger charge is 2.27. The summed E-state index contributed by atoms with van der Waals surface area (Å²) in [6.45, 7) is 1.40. The molecule has 0 spiro atoms. The Bertz CT molecular complexity index is 917. The van der Waals surface area contributed by atoms with Crippen molar-refractivity contribution in [3.8, 4) is 0 Å². The first kappa shape index (κ1) is 17.9. The number of para-hydroxylation sites is 2. The SMILES string of the molecule is Cc1csc(=O)n1CCC(=O)OCC(=O)N1CC(=O)Nc2ccccc21. The lowest BCUT2D eigenvalue weighted by Gasteiger charge is -2.28. The van der Waals surface area contributed by atoms with Crippen LogP contribution in [0.4, 0.5) is 11.4 Å². The number of benzene rings is 1. The van der Waals surface area contributed by atoms with Crippen LogP contribution in [0.3, 0.4) is 0 Å². The van der Waals surface area contributed by atoms with Crippen LogP contribution in [0.1, 0.15) is 12.1 Å². The second-order valence-corrected chi connectivity index (χ2v) is 6.57. The van der Waals surface area contributed by atoms with Crippen molar-refractivity contribution < 1.29 is 19.1 Å². The molecule has 2 heterocycles. The van der Waals surface area contributed by atoms with Gasteiger partial charge >= 0.3 is 10.8 Å². The van der Waals surface area contributed by atoms with Crippen molar-refractivity contribution >= 4 is 40.5 Å². The number of hydrogen-bond acceptors (Lipinski definition) is 6. The van der Waals surface area contributed by atoms with Crippen LogP contribution in [0.15, 0.2) is 34.4 Å². The number of aryl methyl sites for hydroxylation is 1. The third kappa shape index (κ3) is 3.83. The van der Waals surface area contributed by atoms with E-state index in [1.54, 1.807) is 36.6 Å². The quantitative estimate of drug-likeness (QED) is 0.791. The molecule has 2 aromatic rings. The van der Waals surface area contributed by atoms with E-state index < -0.39 is 18.5 Å². The summed E-state index contributed by atoms with van der Waals surface area (Å²) in [5, 5.41) is 4.40. The number of esters is 1. The number of nitrogens with one attached hydrogen (secondary N) is 1. The monoisotopic (exact) mass is 375 g/mol. The number of rotatable bonds is 5. The van der Waals surface area contributed by atoms with Crippen molar-refractivity contribution in [1.82, 2.24) is 4.57 Å². The minimum atomic E-state index is -0.578. The molecule has 0 radical (unpaired) electrons. The Morgan fingerprint density at radius 3 is 2.77 bits per heavy atom.